The van der Waals surface area contributed by atoms with E-state index < -0.39 is 0 Å². The Labute approximate surface area is 109 Å². The Morgan fingerprint density at radius 2 is 2.06 bits per heavy atom. The number of piperidine rings is 1. The summed E-state index contributed by atoms with van der Waals surface area (Å²) < 4.78 is 0. The van der Waals surface area contributed by atoms with Crippen molar-refractivity contribution in [2.45, 2.75) is 31.7 Å². The maximum absolute atomic E-state index is 11.7. The molecule has 1 aliphatic carbocycles. The molecule has 1 heterocycles. The first-order valence-corrected chi connectivity index (χ1v) is 6.94. The molecular weight excluding hydrogens is 226 g/mol. The molecule has 0 unspecified atom stereocenters. The number of carbonyl (C=O) groups excluding carboxylic acids is 1. The highest BCUT2D eigenvalue weighted by Gasteiger charge is 2.31. The minimum absolute atomic E-state index is 0.0637. The van der Waals surface area contributed by atoms with Crippen molar-refractivity contribution in [3.8, 4) is 12.3 Å². The van der Waals surface area contributed by atoms with Crippen LogP contribution in [0.1, 0.15) is 25.7 Å². The largest absolute Gasteiger partial charge is 0.344 e. The van der Waals surface area contributed by atoms with Crippen LogP contribution in [0.25, 0.3) is 0 Å². The second-order valence-corrected chi connectivity index (χ2v) is 5.33. The smallest absolute Gasteiger partial charge is 0.234 e. The van der Waals surface area contributed by atoms with Crippen molar-refractivity contribution in [3.05, 3.63) is 0 Å². The van der Waals surface area contributed by atoms with Crippen LogP contribution in [0.2, 0.25) is 0 Å². The van der Waals surface area contributed by atoms with Crippen LogP contribution in [0, 0.1) is 18.3 Å². The minimum atomic E-state index is 0.0637. The molecule has 2 rings (SSSR count). The molecule has 1 saturated carbocycles. The van der Waals surface area contributed by atoms with E-state index in [-0.39, 0.29) is 5.91 Å². The molecule has 18 heavy (non-hydrogen) atoms. The van der Waals surface area contributed by atoms with Gasteiger partial charge in [0.2, 0.25) is 5.91 Å². The fourth-order valence-corrected chi connectivity index (χ4v) is 2.57. The lowest BCUT2D eigenvalue weighted by atomic mass is 9.97. The summed E-state index contributed by atoms with van der Waals surface area (Å²) >= 11 is 0. The zero-order chi connectivity index (χ0) is 12.8. The van der Waals surface area contributed by atoms with Crippen LogP contribution in [0.5, 0.6) is 0 Å². The van der Waals surface area contributed by atoms with E-state index in [0.717, 1.165) is 25.6 Å². The maximum atomic E-state index is 11.7. The van der Waals surface area contributed by atoms with Crippen LogP contribution in [-0.2, 0) is 4.79 Å². The van der Waals surface area contributed by atoms with Gasteiger partial charge in [0.15, 0.2) is 0 Å². The molecule has 1 aliphatic heterocycles. The van der Waals surface area contributed by atoms with Gasteiger partial charge in [0, 0.05) is 12.6 Å². The molecule has 0 aromatic carbocycles. The van der Waals surface area contributed by atoms with Crippen LogP contribution in [0.15, 0.2) is 0 Å². The SMILES string of the molecule is C#CCNC(=O)CN(CC1CCNCC1)C1CC1. The molecule has 0 aromatic rings. The van der Waals surface area contributed by atoms with Crippen molar-refractivity contribution in [1.29, 1.82) is 0 Å². The fourth-order valence-electron chi connectivity index (χ4n) is 2.57. The van der Waals surface area contributed by atoms with E-state index in [1.165, 1.54) is 25.7 Å². The monoisotopic (exact) mass is 249 g/mol. The van der Waals surface area contributed by atoms with Crippen molar-refractivity contribution < 1.29 is 4.79 Å². The first-order chi connectivity index (χ1) is 8.79. The molecular formula is C14H23N3O. The number of terminal acetylenes is 1. The Morgan fingerprint density at radius 1 is 1.33 bits per heavy atom. The van der Waals surface area contributed by atoms with Crippen molar-refractivity contribution in [3.63, 3.8) is 0 Å². The highest BCUT2D eigenvalue weighted by Crippen LogP contribution is 2.28. The standard InChI is InChI=1S/C14H23N3O/c1-2-7-16-14(18)11-17(13-3-4-13)10-12-5-8-15-9-6-12/h1,12-13,15H,3-11H2,(H,16,18). The zero-order valence-electron chi connectivity index (χ0n) is 11.0. The molecule has 0 spiro atoms. The fraction of sp³-hybridized carbons (Fsp3) is 0.786. The predicted molar refractivity (Wildman–Crippen MR) is 72.0 cm³/mol. The van der Waals surface area contributed by atoms with E-state index >= 15 is 0 Å². The summed E-state index contributed by atoms with van der Waals surface area (Å²) in [5.41, 5.74) is 0. The number of hydrogen-bond acceptors (Lipinski definition) is 3. The van der Waals surface area contributed by atoms with E-state index in [9.17, 15) is 4.79 Å². The van der Waals surface area contributed by atoms with Crippen LogP contribution >= 0.6 is 0 Å². The highest BCUT2D eigenvalue weighted by molar-refractivity contribution is 5.78. The lowest BCUT2D eigenvalue weighted by Crippen LogP contribution is -2.42. The number of rotatable bonds is 6. The van der Waals surface area contributed by atoms with Gasteiger partial charge in [-0.15, -0.1) is 6.42 Å². The summed E-state index contributed by atoms with van der Waals surface area (Å²) in [4.78, 5) is 14.1. The van der Waals surface area contributed by atoms with Gasteiger partial charge in [0.05, 0.1) is 13.1 Å². The number of hydrogen-bond donors (Lipinski definition) is 2. The predicted octanol–water partition coefficient (Wildman–Crippen LogP) is 0.200. The molecule has 100 valence electrons. The van der Waals surface area contributed by atoms with Crippen LogP contribution in [0.3, 0.4) is 0 Å². The quantitative estimate of drug-likeness (QED) is 0.661. The van der Waals surface area contributed by atoms with Crippen molar-refractivity contribution in [2.24, 2.45) is 5.92 Å². The number of amides is 1. The number of nitrogens with zero attached hydrogens (tertiary/aromatic N) is 1. The van der Waals surface area contributed by atoms with Crippen LogP contribution < -0.4 is 10.6 Å². The van der Waals surface area contributed by atoms with Gasteiger partial charge < -0.3 is 10.6 Å². The van der Waals surface area contributed by atoms with Gasteiger partial charge in [-0.05, 0) is 44.7 Å². The van der Waals surface area contributed by atoms with E-state index in [4.69, 9.17) is 6.42 Å². The molecule has 0 atom stereocenters. The topological polar surface area (TPSA) is 44.4 Å². The van der Waals surface area contributed by atoms with Gasteiger partial charge in [-0.3, -0.25) is 9.69 Å². The molecule has 2 fully saturated rings. The maximum Gasteiger partial charge on any atom is 0.234 e. The molecule has 2 N–H and O–H groups in total. The van der Waals surface area contributed by atoms with E-state index in [1.807, 2.05) is 0 Å². The summed E-state index contributed by atoms with van der Waals surface area (Å²) in [6, 6.07) is 0.636. The number of carbonyl (C=O) groups is 1. The molecule has 4 nitrogen and oxygen atoms in total. The van der Waals surface area contributed by atoms with Crippen molar-refractivity contribution in [1.82, 2.24) is 15.5 Å². The normalized spacial score (nSPS) is 20.7. The van der Waals surface area contributed by atoms with Gasteiger partial charge in [-0.2, -0.15) is 0 Å². The molecule has 1 saturated heterocycles. The van der Waals surface area contributed by atoms with Crippen LogP contribution in [-0.4, -0.2) is 49.6 Å². The average Bonchev–Trinajstić information content (AvgIpc) is 3.21. The van der Waals surface area contributed by atoms with E-state index in [1.54, 1.807) is 0 Å². The lowest BCUT2D eigenvalue weighted by molar-refractivity contribution is -0.122. The molecule has 4 heteroatoms. The molecule has 0 radical (unpaired) electrons. The molecule has 0 aromatic heterocycles. The van der Waals surface area contributed by atoms with Gasteiger partial charge in [0.1, 0.15) is 0 Å². The molecule has 0 bridgehead atoms. The van der Waals surface area contributed by atoms with Crippen molar-refractivity contribution in [2.75, 3.05) is 32.7 Å². The minimum Gasteiger partial charge on any atom is -0.344 e. The summed E-state index contributed by atoms with van der Waals surface area (Å²) in [6.45, 7) is 4.15. The Morgan fingerprint density at radius 3 is 2.67 bits per heavy atom. The Hall–Kier alpha value is -1.05. The van der Waals surface area contributed by atoms with Crippen LogP contribution in [0.4, 0.5) is 0 Å². The van der Waals surface area contributed by atoms with Gasteiger partial charge in [0.25, 0.3) is 0 Å². The van der Waals surface area contributed by atoms with E-state index in [0.29, 0.717) is 19.1 Å². The molecule has 2 aliphatic rings. The first-order valence-electron chi connectivity index (χ1n) is 6.94. The Balaban J connectivity index is 1.76. The zero-order valence-corrected chi connectivity index (χ0v) is 11.0. The average molecular weight is 249 g/mol. The third kappa shape index (κ3) is 4.32. The Kier molecular flexibility index (Phi) is 5.03. The van der Waals surface area contributed by atoms with Gasteiger partial charge >= 0.3 is 0 Å². The summed E-state index contributed by atoms with van der Waals surface area (Å²) in [5.74, 6) is 3.25. The summed E-state index contributed by atoms with van der Waals surface area (Å²) in [5, 5.41) is 6.14. The number of nitrogens with one attached hydrogen (secondary N) is 2. The van der Waals surface area contributed by atoms with Gasteiger partial charge in [-0.25, -0.2) is 0 Å². The highest BCUT2D eigenvalue weighted by atomic mass is 16.2. The Bertz CT molecular complexity index is 313. The third-order valence-electron chi connectivity index (χ3n) is 3.75. The second-order valence-electron chi connectivity index (χ2n) is 5.33. The second kappa shape index (κ2) is 6.77. The van der Waals surface area contributed by atoms with Crippen molar-refractivity contribution >= 4 is 5.91 Å². The van der Waals surface area contributed by atoms with Gasteiger partial charge in [-0.1, -0.05) is 5.92 Å². The summed E-state index contributed by atoms with van der Waals surface area (Å²) in [7, 11) is 0. The molecule has 1 amide bonds. The lowest BCUT2D eigenvalue weighted by Gasteiger charge is -2.29. The van der Waals surface area contributed by atoms with E-state index in [2.05, 4.69) is 21.5 Å². The third-order valence-corrected chi connectivity index (χ3v) is 3.75. The first kappa shape index (κ1) is 13.4. The summed E-state index contributed by atoms with van der Waals surface area (Å²) in [6.07, 6.45) is 10.1.